The number of fused-ring (bicyclic) bond motifs is 8. The number of hydrogen-bond acceptors (Lipinski definition) is 4. The molecule has 0 atom stereocenters. The minimum atomic E-state index is -1.55. The SMILES string of the molecule is COc1cc2cc(c1OC)C(OC)(OC)c1cc(c(Cl)c(Cl)c1C)C(Cl)(Cl)c1cccc(c1)Cc1cccc(c1)C2. The zero-order valence-electron chi connectivity index (χ0n) is 23.4. The molecule has 214 valence electrons. The number of rotatable bonds is 4. The molecule has 4 nitrogen and oxygen atoms in total. The Morgan fingerprint density at radius 1 is 0.634 bits per heavy atom. The van der Waals surface area contributed by atoms with Gasteiger partial charge in [-0.2, -0.15) is 0 Å². The molecule has 8 bridgehead atoms. The van der Waals surface area contributed by atoms with Gasteiger partial charge in [0.2, 0.25) is 5.79 Å². The number of methoxy groups -OCH3 is 4. The van der Waals surface area contributed by atoms with Gasteiger partial charge in [-0.15, -0.1) is 0 Å². The molecule has 0 fully saturated rings. The highest BCUT2D eigenvalue weighted by Gasteiger charge is 2.43. The van der Waals surface area contributed by atoms with E-state index in [0.717, 1.165) is 22.3 Å². The van der Waals surface area contributed by atoms with Crippen molar-refractivity contribution in [3.05, 3.63) is 127 Å². The number of alkyl halides is 2. The molecule has 0 N–H and O–H groups in total. The van der Waals surface area contributed by atoms with Crippen molar-refractivity contribution >= 4 is 46.4 Å². The van der Waals surface area contributed by atoms with Gasteiger partial charge in [0.1, 0.15) is 0 Å². The number of halogens is 4. The molecule has 4 aromatic carbocycles. The Kier molecular flexibility index (Phi) is 8.56. The predicted molar refractivity (Wildman–Crippen MR) is 167 cm³/mol. The maximum atomic E-state index is 7.18. The standard InChI is InChI=1S/C33H30Cl4O4/c1-19-25-18-26(30(35)29(19)34)32(36,37)24-11-7-10-22(15-24)13-20-8-6-9-21(12-20)14-23-16-27(33(25,40-4)41-5)31(39-3)28(17-23)38-2/h6-12,15-18H,13-14H2,1-5H3. The molecular weight excluding hydrogens is 602 g/mol. The molecule has 0 aliphatic heterocycles. The zero-order valence-corrected chi connectivity index (χ0v) is 26.4. The molecule has 0 amide bonds. The van der Waals surface area contributed by atoms with Crippen molar-refractivity contribution < 1.29 is 18.9 Å². The van der Waals surface area contributed by atoms with Crippen LogP contribution in [0.25, 0.3) is 0 Å². The molecule has 0 spiro atoms. The summed E-state index contributed by atoms with van der Waals surface area (Å²) in [5.41, 5.74) is 7.20. The lowest BCUT2D eigenvalue weighted by molar-refractivity contribution is -0.185. The summed E-state index contributed by atoms with van der Waals surface area (Å²) in [5, 5.41) is 0.536. The van der Waals surface area contributed by atoms with Gasteiger partial charge >= 0.3 is 0 Å². The van der Waals surface area contributed by atoms with E-state index >= 15 is 0 Å². The van der Waals surface area contributed by atoms with Gasteiger partial charge in [-0.3, -0.25) is 0 Å². The third kappa shape index (κ3) is 5.20. The van der Waals surface area contributed by atoms with Crippen LogP contribution in [0.15, 0.2) is 66.7 Å². The highest BCUT2D eigenvalue weighted by atomic mass is 35.5. The zero-order chi connectivity index (χ0) is 29.5. The fraction of sp³-hybridized carbons (Fsp3) is 0.273. The van der Waals surface area contributed by atoms with E-state index in [1.165, 1.54) is 0 Å². The summed E-state index contributed by atoms with van der Waals surface area (Å²) in [4.78, 5) is 0. The Morgan fingerprint density at radius 2 is 1.24 bits per heavy atom. The summed E-state index contributed by atoms with van der Waals surface area (Å²) < 4.78 is 22.6. The van der Waals surface area contributed by atoms with Crippen LogP contribution in [-0.2, 0) is 32.4 Å². The van der Waals surface area contributed by atoms with E-state index in [0.29, 0.717) is 52.2 Å². The van der Waals surface area contributed by atoms with E-state index in [4.69, 9.17) is 65.4 Å². The summed E-state index contributed by atoms with van der Waals surface area (Å²) in [5.74, 6) is -0.503. The van der Waals surface area contributed by atoms with E-state index in [1.54, 1.807) is 34.5 Å². The van der Waals surface area contributed by atoms with E-state index < -0.39 is 10.1 Å². The molecule has 1 aliphatic rings. The Hall–Kier alpha value is -2.44. The van der Waals surface area contributed by atoms with Crippen LogP contribution in [0.3, 0.4) is 0 Å². The number of ether oxygens (including phenoxy) is 4. The highest BCUT2D eigenvalue weighted by molar-refractivity contribution is 6.52. The van der Waals surface area contributed by atoms with Crippen LogP contribution < -0.4 is 9.47 Å². The first-order chi connectivity index (χ1) is 19.6. The molecule has 0 unspecified atom stereocenters. The summed E-state index contributed by atoms with van der Waals surface area (Å²) in [7, 11) is 6.30. The minimum absolute atomic E-state index is 0.247. The summed E-state index contributed by atoms with van der Waals surface area (Å²) in [6.07, 6.45) is 1.34. The second-order valence-corrected chi connectivity index (χ2v) is 12.2. The molecule has 4 aromatic rings. The van der Waals surface area contributed by atoms with Crippen LogP contribution in [0, 0.1) is 6.92 Å². The van der Waals surface area contributed by atoms with Gasteiger partial charge in [0.25, 0.3) is 0 Å². The van der Waals surface area contributed by atoms with Crippen molar-refractivity contribution in [1.82, 2.24) is 0 Å². The summed E-state index contributed by atoms with van der Waals surface area (Å²) in [6.45, 7) is 1.85. The van der Waals surface area contributed by atoms with E-state index in [-0.39, 0.29) is 10.0 Å². The quantitative estimate of drug-likeness (QED) is 0.166. The normalized spacial score (nSPS) is 15.3. The van der Waals surface area contributed by atoms with Crippen molar-refractivity contribution in [2.75, 3.05) is 28.4 Å². The first-order valence-corrected chi connectivity index (χ1v) is 14.5. The molecule has 0 radical (unpaired) electrons. The highest BCUT2D eigenvalue weighted by Crippen LogP contribution is 2.52. The van der Waals surface area contributed by atoms with Crippen LogP contribution in [0.1, 0.15) is 50.1 Å². The Balaban J connectivity index is 1.92. The second-order valence-electron chi connectivity index (χ2n) is 10.1. The number of benzene rings is 4. The molecule has 5 rings (SSSR count). The molecule has 1 aliphatic carbocycles. The summed E-state index contributed by atoms with van der Waals surface area (Å²) in [6, 6.07) is 22.1. The van der Waals surface area contributed by atoms with Crippen molar-refractivity contribution in [2.45, 2.75) is 29.9 Å². The monoisotopic (exact) mass is 630 g/mol. The molecular formula is C33H30Cl4O4. The Morgan fingerprint density at radius 3 is 1.85 bits per heavy atom. The van der Waals surface area contributed by atoms with Crippen LogP contribution in [-0.4, -0.2) is 28.4 Å². The molecule has 0 saturated carbocycles. The fourth-order valence-electron chi connectivity index (χ4n) is 5.68. The Labute approximate surface area is 261 Å². The largest absolute Gasteiger partial charge is 0.493 e. The number of hydrogen-bond donors (Lipinski definition) is 0. The second kappa shape index (κ2) is 11.7. The lowest BCUT2D eigenvalue weighted by atomic mass is 9.87. The maximum absolute atomic E-state index is 7.18. The Bertz CT molecular complexity index is 1610. The van der Waals surface area contributed by atoms with Crippen molar-refractivity contribution in [2.24, 2.45) is 0 Å². The fourth-order valence-corrected chi connectivity index (χ4v) is 6.85. The topological polar surface area (TPSA) is 36.9 Å². The third-order valence-electron chi connectivity index (χ3n) is 7.71. The van der Waals surface area contributed by atoms with Crippen LogP contribution in [0.5, 0.6) is 11.5 Å². The average Bonchev–Trinajstić information content (AvgIpc) is 2.97. The predicted octanol–water partition coefficient (Wildman–Crippen LogP) is 8.99. The van der Waals surface area contributed by atoms with E-state index in [2.05, 4.69) is 30.3 Å². The molecule has 0 heterocycles. The smallest absolute Gasteiger partial charge is 0.225 e. The van der Waals surface area contributed by atoms with Gasteiger partial charge in [-0.05, 0) is 71.3 Å². The van der Waals surface area contributed by atoms with Crippen molar-refractivity contribution in [3.63, 3.8) is 0 Å². The van der Waals surface area contributed by atoms with Gasteiger partial charge < -0.3 is 18.9 Å². The van der Waals surface area contributed by atoms with Gasteiger partial charge in [0, 0.05) is 25.3 Å². The lowest BCUT2D eigenvalue weighted by Crippen LogP contribution is -2.34. The van der Waals surface area contributed by atoms with Crippen LogP contribution in [0.2, 0.25) is 10.0 Å². The average molecular weight is 632 g/mol. The molecule has 0 saturated heterocycles. The third-order valence-corrected chi connectivity index (χ3v) is 9.51. The van der Waals surface area contributed by atoms with Gasteiger partial charge in [-0.25, -0.2) is 0 Å². The first-order valence-electron chi connectivity index (χ1n) is 13.0. The lowest BCUT2D eigenvalue weighted by Gasteiger charge is -2.36. The van der Waals surface area contributed by atoms with Gasteiger partial charge in [0.15, 0.2) is 15.8 Å². The molecule has 8 heteroatoms. The van der Waals surface area contributed by atoms with Crippen molar-refractivity contribution in [1.29, 1.82) is 0 Å². The minimum Gasteiger partial charge on any atom is -0.493 e. The molecule has 0 aromatic heterocycles. The van der Waals surface area contributed by atoms with Crippen LogP contribution in [0.4, 0.5) is 0 Å². The van der Waals surface area contributed by atoms with Gasteiger partial charge in [-0.1, -0.05) is 94.9 Å². The van der Waals surface area contributed by atoms with Crippen LogP contribution >= 0.6 is 46.4 Å². The maximum Gasteiger partial charge on any atom is 0.225 e. The van der Waals surface area contributed by atoms with E-state index in [1.807, 2.05) is 37.3 Å². The van der Waals surface area contributed by atoms with E-state index in [9.17, 15) is 0 Å². The summed E-state index contributed by atoms with van der Waals surface area (Å²) >= 11 is 28.1. The van der Waals surface area contributed by atoms with Crippen molar-refractivity contribution in [3.8, 4) is 11.5 Å². The molecule has 41 heavy (non-hydrogen) atoms. The van der Waals surface area contributed by atoms with Gasteiger partial charge in [0.05, 0.1) is 29.8 Å². The first kappa shape index (κ1) is 30.0.